The Bertz CT molecular complexity index is 557. The summed E-state index contributed by atoms with van der Waals surface area (Å²) in [6.45, 7) is 0.986. The van der Waals surface area contributed by atoms with Crippen molar-refractivity contribution in [2.24, 2.45) is 5.92 Å². The maximum absolute atomic E-state index is 12.7. The van der Waals surface area contributed by atoms with E-state index in [0.29, 0.717) is 6.04 Å². The molecule has 1 aliphatic heterocycles. The molecule has 156 valence electrons. The molecule has 0 aromatic carbocycles. The fourth-order valence-corrected chi connectivity index (χ4v) is 4.87. The van der Waals surface area contributed by atoms with Gasteiger partial charge in [0.15, 0.2) is 0 Å². The van der Waals surface area contributed by atoms with Gasteiger partial charge in [-0.3, -0.25) is 4.79 Å². The van der Waals surface area contributed by atoms with Gasteiger partial charge in [0.2, 0.25) is 5.91 Å². The largest absolute Gasteiger partial charge is 0.352 e. The Labute approximate surface area is 172 Å². The number of rotatable bonds is 10. The van der Waals surface area contributed by atoms with E-state index in [2.05, 4.69) is 41.0 Å². The Morgan fingerprint density at radius 1 is 1.11 bits per heavy atom. The van der Waals surface area contributed by atoms with E-state index in [1.807, 2.05) is 0 Å². The molecule has 0 radical (unpaired) electrons. The third kappa shape index (κ3) is 7.58. The Kier molecular flexibility index (Phi) is 9.36. The molecule has 1 heterocycles. The highest BCUT2D eigenvalue weighted by molar-refractivity contribution is 5.82. The van der Waals surface area contributed by atoms with Crippen molar-refractivity contribution in [1.82, 2.24) is 10.6 Å². The molecule has 0 aromatic rings. The lowest BCUT2D eigenvalue weighted by atomic mass is 9.88. The highest BCUT2D eigenvalue weighted by Crippen LogP contribution is 2.25. The zero-order valence-electron chi connectivity index (χ0n) is 17.6. The fraction of sp³-hybridized carbons (Fsp3) is 0.720. The van der Waals surface area contributed by atoms with Crippen molar-refractivity contribution in [1.29, 1.82) is 0 Å². The number of hydrogen-bond donors (Lipinski definition) is 2. The summed E-state index contributed by atoms with van der Waals surface area (Å²) < 4.78 is 0. The van der Waals surface area contributed by atoms with Gasteiger partial charge in [-0.05, 0) is 83.1 Å². The van der Waals surface area contributed by atoms with Crippen molar-refractivity contribution in [3.63, 3.8) is 0 Å². The van der Waals surface area contributed by atoms with Gasteiger partial charge in [0, 0.05) is 6.04 Å². The zero-order chi connectivity index (χ0) is 19.4. The van der Waals surface area contributed by atoms with Crippen LogP contribution in [0.1, 0.15) is 89.9 Å². The molecule has 2 aliphatic carbocycles. The molecule has 1 fully saturated rings. The number of hydrogen-bond acceptors (Lipinski definition) is 2. The topological polar surface area (TPSA) is 41.1 Å². The van der Waals surface area contributed by atoms with E-state index in [-0.39, 0.29) is 11.9 Å². The van der Waals surface area contributed by atoms with Gasteiger partial charge < -0.3 is 10.6 Å². The van der Waals surface area contributed by atoms with Gasteiger partial charge in [0.05, 0.1) is 6.04 Å². The van der Waals surface area contributed by atoms with Crippen LogP contribution in [0.3, 0.4) is 0 Å². The number of carbonyl (C=O) groups is 1. The third-order valence-corrected chi connectivity index (χ3v) is 6.67. The van der Waals surface area contributed by atoms with E-state index < -0.39 is 0 Å². The Morgan fingerprint density at radius 3 is 2.79 bits per heavy atom. The van der Waals surface area contributed by atoms with E-state index in [1.165, 1.54) is 70.6 Å². The SMILES string of the molecule is O=C(NC(CCCC1=CC=CCC1)CCCC1CC=CCC1)C1CCCCN1. The molecule has 0 saturated carbocycles. The van der Waals surface area contributed by atoms with Gasteiger partial charge in [-0.25, -0.2) is 0 Å². The van der Waals surface area contributed by atoms with Crippen LogP contribution in [-0.4, -0.2) is 24.5 Å². The normalized spacial score (nSPS) is 25.9. The standard InChI is InChI=1S/C25H40N2O/c28-25(24-19-7-8-20-26-24)27-23(17-9-15-21-11-3-1-4-12-21)18-10-16-22-13-5-2-6-14-22/h1-3,5,11,22-24,26H,4,6-10,12-20H2,(H,27,28). The summed E-state index contributed by atoms with van der Waals surface area (Å²) in [4.78, 5) is 12.7. The number of piperidine rings is 1. The minimum Gasteiger partial charge on any atom is -0.352 e. The van der Waals surface area contributed by atoms with E-state index in [9.17, 15) is 4.79 Å². The predicted molar refractivity (Wildman–Crippen MR) is 118 cm³/mol. The molecule has 1 saturated heterocycles. The predicted octanol–water partition coefficient (Wildman–Crippen LogP) is 5.59. The molecule has 1 amide bonds. The smallest absolute Gasteiger partial charge is 0.237 e. The summed E-state index contributed by atoms with van der Waals surface area (Å²) in [6, 6.07) is 0.376. The minimum absolute atomic E-state index is 0.0333. The maximum Gasteiger partial charge on any atom is 0.237 e. The molecule has 3 rings (SSSR count). The van der Waals surface area contributed by atoms with E-state index in [1.54, 1.807) is 5.57 Å². The van der Waals surface area contributed by atoms with Crippen LogP contribution in [0, 0.1) is 5.92 Å². The molecule has 2 N–H and O–H groups in total. The van der Waals surface area contributed by atoms with Gasteiger partial charge in [0.25, 0.3) is 0 Å². The number of amides is 1. The molecule has 3 atom stereocenters. The van der Waals surface area contributed by atoms with Crippen molar-refractivity contribution in [2.75, 3.05) is 6.54 Å². The summed E-state index contributed by atoms with van der Waals surface area (Å²) in [7, 11) is 0. The summed E-state index contributed by atoms with van der Waals surface area (Å²) in [6.07, 6.45) is 28.2. The first-order chi connectivity index (χ1) is 13.8. The van der Waals surface area contributed by atoms with Crippen molar-refractivity contribution < 1.29 is 4.79 Å². The van der Waals surface area contributed by atoms with Crippen molar-refractivity contribution in [2.45, 2.75) is 102 Å². The van der Waals surface area contributed by atoms with Crippen LogP contribution in [0.25, 0.3) is 0 Å². The first-order valence-electron chi connectivity index (χ1n) is 11.8. The highest BCUT2D eigenvalue weighted by Gasteiger charge is 2.23. The van der Waals surface area contributed by atoms with E-state index >= 15 is 0 Å². The molecule has 0 bridgehead atoms. The average Bonchev–Trinajstić information content (AvgIpc) is 2.75. The average molecular weight is 385 g/mol. The number of nitrogens with one attached hydrogen (secondary N) is 2. The molecule has 28 heavy (non-hydrogen) atoms. The molecule has 0 spiro atoms. The molecule has 3 aliphatic rings. The van der Waals surface area contributed by atoms with Crippen LogP contribution >= 0.6 is 0 Å². The Balaban J connectivity index is 1.43. The van der Waals surface area contributed by atoms with Crippen molar-refractivity contribution >= 4 is 5.91 Å². The second kappa shape index (κ2) is 12.3. The van der Waals surface area contributed by atoms with E-state index in [4.69, 9.17) is 0 Å². The molecule has 3 unspecified atom stereocenters. The summed E-state index contributed by atoms with van der Waals surface area (Å²) in [5.74, 6) is 1.10. The second-order valence-corrected chi connectivity index (χ2v) is 8.97. The lowest BCUT2D eigenvalue weighted by Crippen LogP contribution is -2.49. The van der Waals surface area contributed by atoms with E-state index in [0.717, 1.165) is 31.7 Å². The van der Waals surface area contributed by atoms with Gasteiger partial charge >= 0.3 is 0 Å². The van der Waals surface area contributed by atoms with Crippen molar-refractivity contribution in [3.8, 4) is 0 Å². The molecular weight excluding hydrogens is 344 g/mol. The Hall–Kier alpha value is -1.35. The van der Waals surface area contributed by atoms with Crippen LogP contribution in [0.2, 0.25) is 0 Å². The minimum atomic E-state index is 0.0333. The van der Waals surface area contributed by atoms with Crippen molar-refractivity contribution in [3.05, 3.63) is 36.0 Å². The Morgan fingerprint density at radius 2 is 2.04 bits per heavy atom. The van der Waals surface area contributed by atoms with Crippen LogP contribution in [-0.2, 0) is 4.79 Å². The van der Waals surface area contributed by atoms with Crippen LogP contribution in [0.4, 0.5) is 0 Å². The number of allylic oxidation sites excluding steroid dienone is 6. The zero-order valence-corrected chi connectivity index (χ0v) is 17.6. The quantitative estimate of drug-likeness (QED) is 0.482. The summed E-state index contributed by atoms with van der Waals surface area (Å²) in [5, 5.41) is 6.82. The molecule has 0 aromatic heterocycles. The van der Waals surface area contributed by atoms with Crippen LogP contribution in [0.5, 0.6) is 0 Å². The van der Waals surface area contributed by atoms with Gasteiger partial charge in [0.1, 0.15) is 0 Å². The molecule has 3 heteroatoms. The summed E-state index contributed by atoms with van der Waals surface area (Å²) >= 11 is 0. The highest BCUT2D eigenvalue weighted by atomic mass is 16.2. The molecule has 3 nitrogen and oxygen atoms in total. The summed E-state index contributed by atoms with van der Waals surface area (Å²) in [5.41, 5.74) is 1.58. The second-order valence-electron chi connectivity index (χ2n) is 8.97. The monoisotopic (exact) mass is 384 g/mol. The third-order valence-electron chi connectivity index (χ3n) is 6.67. The first kappa shape index (κ1) is 21.4. The maximum atomic E-state index is 12.7. The number of carbonyl (C=O) groups excluding carboxylic acids is 1. The lowest BCUT2D eigenvalue weighted by molar-refractivity contribution is -0.124. The lowest BCUT2D eigenvalue weighted by Gasteiger charge is -2.27. The fourth-order valence-electron chi connectivity index (χ4n) is 4.87. The van der Waals surface area contributed by atoms with Gasteiger partial charge in [-0.2, -0.15) is 0 Å². The van der Waals surface area contributed by atoms with Crippen LogP contribution in [0.15, 0.2) is 36.0 Å². The van der Waals surface area contributed by atoms with Crippen LogP contribution < -0.4 is 10.6 Å². The molecular formula is C25H40N2O. The van der Waals surface area contributed by atoms with Gasteiger partial charge in [-0.1, -0.05) is 55.2 Å². The van der Waals surface area contributed by atoms with Gasteiger partial charge in [-0.15, -0.1) is 0 Å². The first-order valence-corrected chi connectivity index (χ1v) is 11.8.